The highest BCUT2D eigenvalue weighted by Crippen LogP contribution is 2.27. The van der Waals surface area contributed by atoms with Crippen molar-refractivity contribution in [2.75, 3.05) is 20.8 Å². The minimum Gasteiger partial charge on any atom is -0.493 e. The molecule has 0 saturated carbocycles. The van der Waals surface area contributed by atoms with E-state index >= 15 is 0 Å². The van der Waals surface area contributed by atoms with E-state index in [1.54, 1.807) is 42.5 Å². The van der Waals surface area contributed by atoms with Crippen LogP contribution in [0.15, 0.2) is 71.8 Å². The van der Waals surface area contributed by atoms with E-state index in [2.05, 4.69) is 15.8 Å². The number of nitro benzene ring substituents is 1. The van der Waals surface area contributed by atoms with Crippen LogP contribution in [0.4, 0.5) is 5.69 Å². The second kappa shape index (κ2) is 15.4. The molecule has 0 saturated heterocycles. The van der Waals surface area contributed by atoms with Crippen molar-refractivity contribution in [3.8, 4) is 17.2 Å². The van der Waals surface area contributed by atoms with Crippen molar-refractivity contribution in [1.82, 2.24) is 10.7 Å². The van der Waals surface area contributed by atoms with Gasteiger partial charge in [0.2, 0.25) is 5.91 Å². The number of hydrogen-bond donors (Lipinski definition) is 2. The number of hydrogen-bond acceptors (Lipinski definition) is 9. The van der Waals surface area contributed by atoms with Gasteiger partial charge in [-0.15, -0.1) is 0 Å². The summed E-state index contributed by atoms with van der Waals surface area (Å²) in [5, 5.41) is 17.5. The molecule has 0 spiro atoms. The van der Waals surface area contributed by atoms with Crippen LogP contribution in [0.3, 0.4) is 0 Å². The fourth-order valence-corrected chi connectivity index (χ4v) is 3.61. The summed E-state index contributed by atoms with van der Waals surface area (Å²) in [6, 6.07) is 16.5. The summed E-state index contributed by atoms with van der Waals surface area (Å²) < 4.78 is 15.7. The van der Waals surface area contributed by atoms with Crippen LogP contribution in [-0.4, -0.2) is 49.7 Å². The van der Waals surface area contributed by atoms with Gasteiger partial charge in [-0.05, 0) is 73.0 Å². The molecular formula is C29H30N4O8. The van der Waals surface area contributed by atoms with E-state index < -0.39 is 10.9 Å². The van der Waals surface area contributed by atoms with Crippen LogP contribution in [0.1, 0.15) is 52.0 Å². The van der Waals surface area contributed by atoms with Gasteiger partial charge in [0.1, 0.15) is 5.75 Å². The van der Waals surface area contributed by atoms with Crippen LogP contribution in [-0.2, 0) is 4.79 Å². The molecule has 12 heteroatoms. The van der Waals surface area contributed by atoms with Crippen molar-refractivity contribution in [3.63, 3.8) is 0 Å². The molecule has 0 fully saturated rings. The Hall–Kier alpha value is -5.26. The fraction of sp³-hybridized carbons (Fsp3) is 0.241. The Morgan fingerprint density at radius 3 is 2.22 bits per heavy atom. The smallest absolute Gasteiger partial charge is 0.343 e. The number of benzene rings is 3. The van der Waals surface area contributed by atoms with Crippen LogP contribution < -0.4 is 25.0 Å². The zero-order chi connectivity index (χ0) is 29.6. The van der Waals surface area contributed by atoms with Crippen molar-refractivity contribution < 1.29 is 33.5 Å². The number of ether oxygens (including phenoxy) is 3. The minimum atomic E-state index is -0.645. The largest absolute Gasteiger partial charge is 0.493 e. The minimum absolute atomic E-state index is 0.120. The number of rotatable bonds is 14. The average Bonchev–Trinajstić information content (AvgIpc) is 2.99. The molecule has 0 bridgehead atoms. The van der Waals surface area contributed by atoms with E-state index in [0.29, 0.717) is 42.0 Å². The molecule has 3 aromatic rings. The second-order valence-electron chi connectivity index (χ2n) is 8.69. The van der Waals surface area contributed by atoms with E-state index in [0.717, 1.165) is 12.8 Å². The highest BCUT2D eigenvalue weighted by Gasteiger charge is 2.12. The van der Waals surface area contributed by atoms with Crippen molar-refractivity contribution in [2.24, 2.45) is 5.10 Å². The normalized spacial score (nSPS) is 10.6. The monoisotopic (exact) mass is 562 g/mol. The first-order valence-corrected chi connectivity index (χ1v) is 12.7. The summed E-state index contributed by atoms with van der Waals surface area (Å²) in [5.74, 6) is 0.222. The highest BCUT2D eigenvalue weighted by molar-refractivity contribution is 5.95. The number of carbonyl (C=O) groups excluding carboxylic acids is 3. The van der Waals surface area contributed by atoms with Crippen molar-refractivity contribution in [3.05, 3.63) is 93.5 Å². The first kappa shape index (κ1) is 30.3. The number of nitrogens with zero attached hydrogens (tertiary/aromatic N) is 2. The first-order valence-electron chi connectivity index (χ1n) is 12.7. The Morgan fingerprint density at radius 2 is 1.56 bits per heavy atom. The van der Waals surface area contributed by atoms with Gasteiger partial charge in [-0.3, -0.25) is 19.7 Å². The predicted octanol–water partition coefficient (Wildman–Crippen LogP) is 4.27. The third-order valence-electron chi connectivity index (χ3n) is 5.82. The Balaban J connectivity index is 1.31. The summed E-state index contributed by atoms with van der Waals surface area (Å²) in [4.78, 5) is 46.7. The summed E-state index contributed by atoms with van der Waals surface area (Å²) >= 11 is 0. The van der Waals surface area contributed by atoms with Crippen molar-refractivity contribution in [1.29, 1.82) is 0 Å². The molecule has 12 nitrogen and oxygen atoms in total. The number of nitrogens with one attached hydrogen (secondary N) is 2. The lowest BCUT2D eigenvalue weighted by molar-refractivity contribution is -0.384. The van der Waals surface area contributed by atoms with E-state index in [-0.39, 0.29) is 28.8 Å². The number of carbonyl (C=O) groups is 3. The molecule has 2 amide bonds. The Kier molecular flexibility index (Phi) is 11.3. The predicted molar refractivity (Wildman–Crippen MR) is 151 cm³/mol. The van der Waals surface area contributed by atoms with Gasteiger partial charge in [0.15, 0.2) is 11.5 Å². The molecule has 0 aliphatic rings. The SMILES string of the molecule is COc1ccc(C(=O)NCCCCCC(=O)NN=Cc2ccc(OC(=O)c3ccc([N+](=O)[O-])cc3)cc2)cc1OC. The van der Waals surface area contributed by atoms with Gasteiger partial charge in [0.05, 0.1) is 30.9 Å². The van der Waals surface area contributed by atoms with Crippen LogP contribution in [0.5, 0.6) is 17.2 Å². The fourth-order valence-electron chi connectivity index (χ4n) is 3.61. The number of esters is 1. The maximum absolute atomic E-state index is 12.3. The Morgan fingerprint density at radius 1 is 0.878 bits per heavy atom. The molecule has 2 N–H and O–H groups in total. The lowest BCUT2D eigenvalue weighted by Gasteiger charge is -2.10. The molecule has 0 radical (unpaired) electrons. The standard InChI is InChI=1S/C29H30N4O8/c1-39-25-16-11-22(18-26(25)40-2)28(35)30-17-5-3-4-6-27(34)32-31-19-20-7-14-24(15-8-20)41-29(36)21-9-12-23(13-10-21)33(37)38/h7-16,18-19H,3-6,17H2,1-2H3,(H,30,35)(H,32,34). The van der Waals surface area contributed by atoms with Gasteiger partial charge in [0.25, 0.3) is 11.6 Å². The van der Waals surface area contributed by atoms with Crippen LogP contribution in [0.2, 0.25) is 0 Å². The van der Waals surface area contributed by atoms with Gasteiger partial charge < -0.3 is 19.5 Å². The van der Waals surface area contributed by atoms with E-state index in [1.807, 2.05) is 0 Å². The topological polar surface area (TPSA) is 158 Å². The molecule has 41 heavy (non-hydrogen) atoms. The summed E-state index contributed by atoms with van der Waals surface area (Å²) in [6.07, 6.45) is 3.87. The number of hydrazone groups is 1. The quantitative estimate of drug-likeness (QED) is 0.0736. The molecule has 0 aliphatic carbocycles. The highest BCUT2D eigenvalue weighted by atomic mass is 16.6. The Bertz CT molecular complexity index is 1390. The van der Waals surface area contributed by atoms with Gasteiger partial charge in [-0.2, -0.15) is 5.10 Å². The summed E-state index contributed by atoms with van der Waals surface area (Å²) in [7, 11) is 3.04. The maximum atomic E-state index is 12.3. The number of nitro groups is 1. The van der Waals surface area contributed by atoms with Crippen LogP contribution in [0.25, 0.3) is 0 Å². The zero-order valence-corrected chi connectivity index (χ0v) is 22.6. The van der Waals surface area contributed by atoms with E-state index in [1.165, 1.54) is 44.7 Å². The van der Waals surface area contributed by atoms with Crippen LogP contribution >= 0.6 is 0 Å². The lowest BCUT2D eigenvalue weighted by atomic mass is 10.1. The average molecular weight is 563 g/mol. The lowest BCUT2D eigenvalue weighted by Crippen LogP contribution is -2.24. The molecule has 3 rings (SSSR count). The number of methoxy groups -OCH3 is 2. The molecule has 0 heterocycles. The summed E-state index contributed by atoms with van der Waals surface area (Å²) in [6.45, 7) is 0.478. The first-order chi connectivity index (χ1) is 19.8. The number of unbranched alkanes of at least 4 members (excludes halogenated alkanes) is 2. The zero-order valence-electron chi connectivity index (χ0n) is 22.6. The molecule has 3 aromatic carbocycles. The summed E-state index contributed by atoms with van der Waals surface area (Å²) in [5.41, 5.74) is 3.67. The number of non-ortho nitro benzene ring substituents is 1. The molecule has 0 atom stereocenters. The van der Waals surface area contributed by atoms with Crippen molar-refractivity contribution in [2.45, 2.75) is 25.7 Å². The third kappa shape index (κ3) is 9.46. The van der Waals surface area contributed by atoms with Gasteiger partial charge in [-0.25, -0.2) is 10.2 Å². The second-order valence-corrected chi connectivity index (χ2v) is 8.69. The molecule has 0 aromatic heterocycles. The van der Waals surface area contributed by atoms with E-state index in [4.69, 9.17) is 14.2 Å². The molecular weight excluding hydrogens is 532 g/mol. The van der Waals surface area contributed by atoms with Gasteiger partial charge >= 0.3 is 5.97 Å². The Labute approximate surface area is 236 Å². The van der Waals surface area contributed by atoms with Crippen molar-refractivity contribution >= 4 is 29.7 Å². The van der Waals surface area contributed by atoms with Gasteiger partial charge in [0, 0.05) is 30.7 Å². The molecule has 0 unspecified atom stereocenters. The maximum Gasteiger partial charge on any atom is 0.343 e. The molecule has 0 aliphatic heterocycles. The number of amides is 2. The van der Waals surface area contributed by atoms with Gasteiger partial charge in [-0.1, -0.05) is 6.42 Å². The van der Waals surface area contributed by atoms with E-state index in [9.17, 15) is 24.5 Å². The third-order valence-corrected chi connectivity index (χ3v) is 5.82. The molecule has 214 valence electrons. The van der Waals surface area contributed by atoms with Crippen LogP contribution in [0, 0.1) is 10.1 Å².